The molecule has 7 heterocycles. The third kappa shape index (κ3) is 24.6. The van der Waals surface area contributed by atoms with Crippen molar-refractivity contribution in [3.05, 3.63) is 174 Å². The van der Waals surface area contributed by atoms with Gasteiger partial charge in [-0.05, 0) is 196 Å². The number of aryl methyl sites for hydroxylation is 2. The number of ether oxygens (including phenoxy) is 5. The van der Waals surface area contributed by atoms with Crippen molar-refractivity contribution < 1.29 is 78.3 Å². The van der Waals surface area contributed by atoms with E-state index < -0.39 is 48.2 Å². The average molecular weight is 1890 g/mol. The first-order chi connectivity index (χ1) is 60.8. The number of ketones is 1. The average Bonchev–Trinajstić information content (AvgIpc) is 1.60. The Labute approximate surface area is 766 Å². The van der Waals surface area contributed by atoms with Crippen molar-refractivity contribution in [2.24, 2.45) is 28.7 Å². The van der Waals surface area contributed by atoms with Gasteiger partial charge in [-0.1, -0.05) is 117 Å². The van der Waals surface area contributed by atoms with Crippen LogP contribution < -0.4 is 42.6 Å². The van der Waals surface area contributed by atoms with E-state index >= 15 is 0 Å². The lowest BCUT2D eigenvalue weighted by molar-refractivity contribution is -0.112. The largest absolute Gasteiger partial charge is 0.508 e. The summed E-state index contributed by atoms with van der Waals surface area (Å²) < 4.78 is 32.6. The van der Waals surface area contributed by atoms with E-state index in [0.29, 0.717) is 95.2 Å². The number of likely N-dealkylation sites (N-methyl/N-ethyl adjacent to an activating group) is 1. The molecule has 4 amide bonds. The number of nitrogens with one attached hydrogen (secondary N) is 3. The van der Waals surface area contributed by atoms with Crippen LogP contribution in [0.2, 0.25) is 0 Å². The number of aliphatic hydroxyl groups is 2. The van der Waals surface area contributed by atoms with Crippen LogP contribution in [0.3, 0.4) is 0 Å². The molecule has 2 aliphatic carbocycles. The van der Waals surface area contributed by atoms with Gasteiger partial charge >= 0.3 is 6.09 Å². The van der Waals surface area contributed by atoms with Gasteiger partial charge in [0.25, 0.3) is 17.7 Å². The number of aromatic hydroxyl groups is 4. The molecule has 4 aliphatic heterocycles. The van der Waals surface area contributed by atoms with E-state index in [0.717, 1.165) is 143 Å². The van der Waals surface area contributed by atoms with E-state index in [1.165, 1.54) is 43.8 Å². The van der Waals surface area contributed by atoms with Gasteiger partial charge in [0.1, 0.15) is 35.4 Å². The number of hydrogen-bond acceptors (Lipinski definition) is 26. The molecule has 14 rings (SSSR count). The molecule has 33 heteroatoms. The maximum atomic E-state index is 13.1. The number of Topliss-reactive ketones (excluding diaryl/α,β-unsaturated/α-hetero) is 1. The standard InChI is InChI=1S/C30H44N2O8.C24H31N3O3.C23H30N4O3.C18H21IN6O2S/c1-8-20-21-12-16(2)13-25(39-7)26(34)18(4)14-19(5)28(40-30(31)37)24(38-6)11-9-10-17(3)29(36)32-22(27(21)35)15-23(20)33;1-16(2)20-11-21(23(29)12-22(20)28)24(30)27-14-18-5-4-17(10-19(18)15-27)13-26-8-6-25(3)7-9-26;1-13-21-19(11-23(2,3)12-20(21)29)27(26-13)15-6-9-17(22(24)30)18(10-15)25-14-4-7-16(28)8-5-14;1-10(2)21-4-3-5-25-17-15(16(20)22-8-23-17)24-18(25)28-14-7-13-12(6-11(14)19)26-9-27-13/h9-11,14-16,18,24-26,28,33-35H,8,12-13H2,1-7H3,(H2,31,37)(H,32,36);4-5,10-12,16,28-29H,6-9,13-15H2,1-3H3;6,9-10,14,16,25,28H,4-5,7-8,11-12H2,1-3H3,(H2,24,30);6-8,10,21H,3-5,9H2,1-2H3,(H2,20,22,23)/b11-9-,17-10+,19-14+;;;/t16-,18+,24+,25+,26-,28+;;;/m1.../s1. The number of carbonyl (C=O) groups excluding carboxylic acids is 5. The Morgan fingerprint density at radius 1 is 0.836 bits per heavy atom. The molecule has 2 fully saturated rings. The highest BCUT2D eigenvalue weighted by molar-refractivity contribution is 14.1. The van der Waals surface area contributed by atoms with Crippen molar-refractivity contribution in [2.75, 3.05) is 77.2 Å². The number of amides is 4. The molecule has 128 heavy (non-hydrogen) atoms. The second-order valence-electron chi connectivity index (χ2n) is 35.5. The quantitative estimate of drug-likeness (QED) is 0.0118. The topological polar surface area (TPSA) is 438 Å². The van der Waals surface area contributed by atoms with Crippen LogP contribution in [0.4, 0.5) is 22.0 Å². The third-order valence-electron chi connectivity index (χ3n) is 24.1. The molecule has 3 aromatic heterocycles. The van der Waals surface area contributed by atoms with Crippen molar-refractivity contribution in [1.82, 2.24) is 49.3 Å². The number of nitrogens with zero attached hydrogens (tertiary/aromatic N) is 9. The summed E-state index contributed by atoms with van der Waals surface area (Å²) in [5, 5.41) is 78.2. The predicted octanol–water partition coefficient (Wildman–Crippen LogP) is 13.7. The number of nitrogens with two attached hydrogens (primary N) is 3. The number of benzene rings is 5. The first-order valence-corrected chi connectivity index (χ1v) is 45.7. The molecule has 1 saturated carbocycles. The number of anilines is 3. The molecule has 15 N–H and O–H groups in total. The van der Waals surface area contributed by atoms with Crippen molar-refractivity contribution in [1.29, 1.82) is 0 Å². The van der Waals surface area contributed by atoms with E-state index in [1.54, 1.807) is 66.9 Å². The van der Waals surface area contributed by atoms with Crippen LogP contribution in [0.5, 0.6) is 34.5 Å². The molecule has 0 unspecified atom stereocenters. The summed E-state index contributed by atoms with van der Waals surface area (Å²) >= 11 is 3.87. The molecule has 0 spiro atoms. The highest BCUT2D eigenvalue weighted by Crippen LogP contribution is 2.45. The lowest BCUT2D eigenvalue weighted by atomic mass is 9.75. The minimum absolute atomic E-state index is 0.0220. The molecule has 1 saturated heterocycles. The monoisotopic (exact) mass is 1890 g/mol. The number of primary amides is 2. The zero-order valence-electron chi connectivity index (χ0n) is 76.0. The van der Waals surface area contributed by atoms with Gasteiger partial charge in [0, 0.05) is 134 Å². The third-order valence-corrected chi connectivity index (χ3v) is 26.4. The first-order valence-electron chi connectivity index (χ1n) is 43.8. The molecule has 5 aromatic carbocycles. The lowest BCUT2D eigenvalue weighted by Crippen LogP contribution is -2.43. The summed E-state index contributed by atoms with van der Waals surface area (Å²) in [5.41, 5.74) is 29.3. The minimum atomic E-state index is -0.981. The van der Waals surface area contributed by atoms with Crippen molar-refractivity contribution in [2.45, 2.75) is 232 Å². The maximum absolute atomic E-state index is 13.1. The Balaban J connectivity index is 0.000000167. The molecule has 0 radical (unpaired) electrons. The Morgan fingerprint density at radius 2 is 1.55 bits per heavy atom. The summed E-state index contributed by atoms with van der Waals surface area (Å²) in [7, 11) is 5.14. The number of aromatic nitrogens is 6. The first kappa shape index (κ1) is 98.2. The van der Waals surface area contributed by atoms with Crippen LogP contribution in [0.15, 0.2) is 119 Å². The Hall–Kier alpha value is -10.4. The number of imidazole rings is 1. The van der Waals surface area contributed by atoms with Gasteiger partial charge in [-0.2, -0.15) is 5.10 Å². The number of allylic oxidation sites excluding steroid dienone is 2. The summed E-state index contributed by atoms with van der Waals surface area (Å²) in [5.74, 6) is 0.205. The smallest absolute Gasteiger partial charge is 0.405 e. The van der Waals surface area contributed by atoms with Gasteiger partial charge in [-0.15, -0.1) is 0 Å². The number of aliphatic hydroxyl groups excluding tert-OH is 2. The molecule has 6 atom stereocenters. The van der Waals surface area contributed by atoms with Crippen molar-refractivity contribution in [3.8, 4) is 40.2 Å². The van der Waals surface area contributed by atoms with Gasteiger partial charge < -0.3 is 102 Å². The fourth-order valence-electron chi connectivity index (χ4n) is 17.1. The maximum Gasteiger partial charge on any atom is 0.405 e. The number of fused-ring (bicyclic) bond motifs is 6. The van der Waals surface area contributed by atoms with Gasteiger partial charge in [-0.25, -0.2) is 24.4 Å². The van der Waals surface area contributed by atoms with E-state index in [9.17, 15) is 54.6 Å². The molecular weight excluding hydrogens is 1770 g/mol. The highest BCUT2D eigenvalue weighted by atomic mass is 127. The van der Waals surface area contributed by atoms with E-state index in [-0.39, 0.29) is 82.1 Å². The highest BCUT2D eigenvalue weighted by Gasteiger charge is 2.38. The zero-order valence-corrected chi connectivity index (χ0v) is 78.9. The summed E-state index contributed by atoms with van der Waals surface area (Å²) in [6, 6.07) is 20.8. The Bertz CT molecular complexity index is 5420. The molecular formula is C95H126IN15O16S. The number of methoxy groups -OCH3 is 2. The number of hydrogen-bond donors (Lipinski definition) is 12. The second-order valence-corrected chi connectivity index (χ2v) is 37.7. The van der Waals surface area contributed by atoms with Crippen molar-refractivity contribution in [3.63, 3.8) is 0 Å². The van der Waals surface area contributed by atoms with Gasteiger partial charge in [0.05, 0.1) is 57.8 Å². The fraction of sp³-hybridized carbons (Fsp3) is 0.484. The number of piperazine rings is 1. The van der Waals surface area contributed by atoms with Gasteiger partial charge in [-0.3, -0.25) is 24.1 Å². The number of phenols is 4. The lowest BCUT2D eigenvalue weighted by Gasteiger charge is -2.32. The Morgan fingerprint density at radius 3 is 2.22 bits per heavy atom. The fourth-order valence-corrected chi connectivity index (χ4v) is 18.8. The molecule has 2 bridgehead atoms. The normalized spacial score (nSPS) is 21.9. The number of rotatable bonds is 19. The predicted molar refractivity (Wildman–Crippen MR) is 502 cm³/mol. The number of phenolic OH excluding ortho intramolecular Hbond substituents is 4. The van der Waals surface area contributed by atoms with Crippen LogP contribution in [-0.4, -0.2) is 208 Å². The van der Waals surface area contributed by atoms with E-state index in [2.05, 4.69) is 121 Å². The van der Waals surface area contributed by atoms with Crippen LogP contribution in [0, 0.1) is 27.7 Å². The SMILES string of the molecule is CC(C)NCCCn1c(Sc2cc3c(cc2I)OCO3)nc2c(N)ncnc21.CC(C)c1cc(C(=O)N2Cc3ccc(CN4CCN(C)CC4)cc3C2)c(O)cc1O.CCc1c(O)cc2c(O)c1C[C@@H](C)C[C@H](OC)[C@H](O)[C@@H](C)/C=C(\C)[C@H](OC(N)=O)[C@@H](OC)/C=C\C=C(/C)C(=O)N2.Cc1nn(-c2ccc(C(N)=O)c(NC3CCC(O)CC3)c2)c2c1C(=O)CC(C)(C)C2. The van der Waals surface area contributed by atoms with E-state index in [4.69, 9.17) is 45.9 Å². The number of carbonyl (C=O) groups is 5. The van der Waals surface area contributed by atoms with Crippen LogP contribution >= 0.6 is 34.4 Å². The molecule has 690 valence electrons. The van der Waals surface area contributed by atoms with E-state index in [1.807, 2.05) is 70.5 Å². The second kappa shape index (κ2) is 43.8. The summed E-state index contributed by atoms with van der Waals surface area (Å²) in [6.07, 6.45) is 10.4. The van der Waals surface area contributed by atoms with Crippen molar-refractivity contribution >= 4 is 92.3 Å². The van der Waals surface area contributed by atoms with Crippen LogP contribution in [-0.2, 0) is 64.4 Å². The van der Waals surface area contributed by atoms with Crippen LogP contribution in [0.1, 0.15) is 203 Å². The zero-order chi connectivity index (χ0) is 92.9. The molecule has 8 aromatic rings. The summed E-state index contributed by atoms with van der Waals surface area (Å²) in [6.45, 7) is 31.6. The van der Waals surface area contributed by atoms with Crippen LogP contribution in [0.25, 0.3) is 16.9 Å². The van der Waals surface area contributed by atoms with Gasteiger partial charge in [0.15, 0.2) is 45.5 Å². The number of nitrogen functional groups attached to an aromatic ring is 1. The Kier molecular flexibility index (Phi) is 33.6. The molecule has 31 nitrogen and oxygen atoms in total. The van der Waals surface area contributed by atoms with Gasteiger partial charge in [0.2, 0.25) is 6.79 Å². The summed E-state index contributed by atoms with van der Waals surface area (Å²) in [4.78, 5) is 83.4. The number of halogens is 1. The minimum Gasteiger partial charge on any atom is -0.508 e. The molecule has 6 aliphatic rings.